The minimum absolute atomic E-state index is 0.409. The van der Waals surface area contributed by atoms with E-state index >= 15 is 0 Å². The second-order valence-electron chi connectivity index (χ2n) is 6.98. The Morgan fingerprint density at radius 1 is 1.30 bits per heavy atom. The maximum Gasteiger partial charge on any atom is 0.133 e. The average Bonchev–Trinajstić information content (AvgIpc) is 2.55. The first-order valence-electron chi connectivity index (χ1n) is 8.85. The molecule has 0 bridgehead atoms. The summed E-state index contributed by atoms with van der Waals surface area (Å²) in [6.45, 7) is 6.81. The van der Waals surface area contributed by atoms with Gasteiger partial charge in [0.25, 0.3) is 0 Å². The van der Waals surface area contributed by atoms with Gasteiger partial charge in [-0.05, 0) is 65.2 Å². The van der Waals surface area contributed by atoms with Crippen LogP contribution in [0.2, 0.25) is 0 Å². The molecule has 0 heterocycles. The van der Waals surface area contributed by atoms with E-state index in [1.807, 2.05) is 0 Å². The number of halogens is 1. The van der Waals surface area contributed by atoms with Gasteiger partial charge in [0.1, 0.15) is 5.75 Å². The average molecular weight is 383 g/mol. The molecule has 1 unspecified atom stereocenters. The highest BCUT2D eigenvalue weighted by Crippen LogP contribution is 2.29. The summed E-state index contributed by atoms with van der Waals surface area (Å²) in [7, 11) is 1.71. The summed E-state index contributed by atoms with van der Waals surface area (Å²) in [6.07, 6.45) is 6.01. The molecule has 0 aliphatic heterocycles. The molecule has 1 aliphatic rings. The maximum atomic E-state index is 6.09. The summed E-state index contributed by atoms with van der Waals surface area (Å²) < 4.78 is 6.37. The Morgan fingerprint density at radius 3 is 2.57 bits per heavy atom. The molecule has 1 aromatic rings. The van der Waals surface area contributed by atoms with E-state index in [9.17, 15) is 0 Å². The van der Waals surface area contributed by atoms with Crippen LogP contribution in [0, 0.1) is 5.92 Å². The summed E-state index contributed by atoms with van der Waals surface area (Å²) >= 11 is 3.61. The van der Waals surface area contributed by atoms with Crippen LogP contribution in [0.4, 0.5) is 0 Å². The van der Waals surface area contributed by atoms with Crippen LogP contribution in [-0.2, 0) is 6.54 Å². The van der Waals surface area contributed by atoms with E-state index in [4.69, 9.17) is 10.5 Å². The van der Waals surface area contributed by atoms with E-state index in [1.165, 1.54) is 31.4 Å². The third-order valence-electron chi connectivity index (χ3n) is 5.10. The molecular formula is C19H31BrN2O. The lowest BCUT2D eigenvalue weighted by molar-refractivity contribution is 0.122. The molecule has 0 aromatic heterocycles. The third kappa shape index (κ3) is 5.47. The highest BCUT2D eigenvalue weighted by atomic mass is 79.9. The van der Waals surface area contributed by atoms with Crippen LogP contribution in [0.3, 0.4) is 0 Å². The zero-order valence-corrected chi connectivity index (χ0v) is 16.3. The predicted molar refractivity (Wildman–Crippen MR) is 101 cm³/mol. The number of methoxy groups -OCH3 is 1. The van der Waals surface area contributed by atoms with E-state index in [0.717, 1.165) is 35.5 Å². The Balaban J connectivity index is 2.08. The number of nitrogens with two attached hydrogens (primary N) is 1. The minimum Gasteiger partial charge on any atom is -0.496 e. The van der Waals surface area contributed by atoms with Gasteiger partial charge in [-0.3, -0.25) is 4.90 Å². The SMILES string of the molecule is CCC(C)CN(Cc1ccc(OC)c(Br)c1)C1CCC(N)CC1. The molecule has 1 saturated carbocycles. The molecule has 1 aromatic carbocycles. The van der Waals surface area contributed by atoms with Crippen molar-refractivity contribution in [3.05, 3.63) is 28.2 Å². The van der Waals surface area contributed by atoms with Gasteiger partial charge < -0.3 is 10.5 Å². The van der Waals surface area contributed by atoms with Crippen LogP contribution >= 0.6 is 15.9 Å². The monoisotopic (exact) mass is 382 g/mol. The van der Waals surface area contributed by atoms with Crippen molar-refractivity contribution < 1.29 is 4.74 Å². The van der Waals surface area contributed by atoms with Crippen molar-refractivity contribution in [2.45, 2.75) is 64.6 Å². The fourth-order valence-electron chi connectivity index (χ4n) is 3.38. The summed E-state index contributed by atoms with van der Waals surface area (Å²) in [6, 6.07) is 7.51. The number of benzene rings is 1. The maximum absolute atomic E-state index is 6.09. The molecule has 1 atom stereocenters. The van der Waals surface area contributed by atoms with Crippen molar-refractivity contribution in [3.8, 4) is 5.75 Å². The lowest BCUT2D eigenvalue weighted by Gasteiger charge is -2.37. The number of hydrogen-bond acceptors (Lipinski definition) is 3. The number of hydrogen-bond donors (Lipinski definition) is 1. The van der Waals surface area contributed by atoms with Crippen molar-refractivity contribution >= 4 is 15.9 Å². The van der Waals surface area contributed by atoms with Crippen molar-refractivity contribution in [2.24, 2.45) is 11.7 Å². The van der Waals surface area contributed by atoms with Gasteiger partial charge in [0, 0.05) is 25.2 Å². The molecule has 0 saturated heterocycles. The van der Waals surface area contributed by atoms with Crippen molar-refractivity contribution in [3.63, 3.8) is 0 Å². The highest BCUT2D eigenvalue weighted by Gasteiger charge is 2.25. The molecule has 1 fully saturated rings. The van der Waals surface area contributed by atoms with Gasteiger partial charge in [0.2, 0.25) is 0 Å². The second kappa shape index (κ2) is 9.05. The highest BCUT2D eigenvalue weighted by molar-refractivity contribution is 9.10. The molecule has 1 aliphatic carbocycles. The molecule has 0 radical (unpaired) electrons. The first-order chi connectivity index (χ1) is 11.0. The van der Waals surface area contributed by atoms with Gasteiger partial charge in [-0.25, -0.2) is 0 Å². The van der Waals surface area contributed by atoms with Crippen LogP contribution in [0.5, 0.6) is 5.75 Å². The Morgan fingerprint density at radius 2 is 2.00 bits per heavy atom. The molecule has 23 heavy (non-hydrogen) atoms. The Kier molecular flexibility index (Phi) is 7.38. The summed E-state index contributed by atoms with van der Waals surface area (Å²) in [5, 5.41) is 0. The van der Waals surface area contributed by atoms with E-state index < -0.39 is 0 Å². The number of nitrogens with zero attached hydrogens (tertiary/aromatic N) is 1. The second-order valence-corrected chi connectivity index (χ2v) is 7.83. The molecule has 2 rings (SSSR count). The first-order valence-corrected chi connectivity index (χ1v) is 9.64. The fraction of sp³-hybridized carbons (Fsp3) is 0.684. The van der Waals surface area contributed by atoms with Crippen molar-refractivity contribution in [1.29, 1.82) is 0 Å². The molecule has 0 spiro atoms. The topological polar surface area (TPSA) is 38.5 Å². The minimum atomic E-state index is 0.409. The van der Waals surface area contributed by atoms with Gasteiger partial charge in [-0.2, -0.15) is 0 Å². The molecular weight excluding hydrogens is 352 g/mol. The Bertz CT molecular complexity index is 486. The zero-order chi connectivity index (χ0) is 16.8. The van der Waals surface area contributed by atoms with Crippen LogP contribution in [-0.4, -0.2) is 30.6 Å². The third-order valence-corrected chi connectivity index (χ3v) is 5.72. The van der Waals surface area contributed by atoms with Gasteiger partial charge in [-0.15, -0.1) is 0 Å². The van der Waals surface area contributed by atoms with E-state index in [0.29, 0.717) is 12.1 Å². The lowest BCUT2D eigenvalue weighted by atomic mass is 9.90. The first kappa shape index (κ1) is 18.8. The standard InChI is InChI=1S/C19H31BrN2O/c1-4-14(2)12-22(17-8-6-16(21)7-9-17)13-15-5-10-19(23-3)18(20)11-15/h5,10-11,14,16-17H,4,6-9,12-13,21H2,1-3H3. The van der Waals surface area contributed by atoms with E-state index in [2.05, 4.69) is 52.9 Å². The van der Waals surface area contributed by atoms with Crippen molar-refractivity contribution in [2.75, 3.05) is 13.7 Å². The number of rotatable bonds is 7. The van der Waals surface area contributed by atoms with Gasteiger partial charge in [0.05, 0.1) is 11.6 Å². The quantitative estimate of drug-likeness (QED) is 0.749. The largest absolute Gasteiger partial charge is 0.496 e. The van der Waals surface area contributed by atoms with Crippen LogP contribution in [0.15, 0.2) is 22.7 Å². The van der Waals surface area contributed by atoms with Crippen LogP contribution < -0.4 is 10.5 Å². The molecule has 3 nitrogen and oxygen atoms in total. The fourth-order valence-corrected chi connectivity index (χ4v) is 3.97. The number of ether oxygens (including phenoxy) is 1. The van der Waals surface area contributed by atoms with Crippen LogP contribution in [0.25, 0.3) is 0 Å². The van der Waals surface area contributed by atoms with E-state index in [-0.39, 0.29) is 0 Å². The lowest BCUT2D eigenvalue weighted by Crippen LogP contribution is -2.42. The zero-order valence-electron chi connectivity index (χ0n) is 14.7. The normalized spacial score (nSPS) is 23.0. The summed E-state index contributed by atoms with van der Waals surface area (Å²) in [5.41, 5.74) is 7.43. The van der Waals surface area contributed by atoms with Gasteiger partial charge >= 0.3 is 0 Å². The Hall–Kier alpha value is -0.580. The summed E-state index contributed by atoms with van der Waals surface area (Å²) in [5.74, 6) is 1.62. The smallest absolute Gasteiger partial charge is 0.133 e. The van der Waals surface area contributed by atoms with Gasteiger partial charge in [-0.1, -0.05) is 26.3 Å². The van der Waals surface area contributed by atoms with E-state index in [1.54, 1.807) is 7.11 Å². The predicted octanol–water partition coefficient (Wildman–Crippen LogP) is 4.58. The summed E-state index contributed by atoms with van der Waals surface area (Å²) in [4.78, 5) is 2.67. The Labute approximate surface area is 149 Å². The molecule has 4 heteroatoms. The van der Waals surface area contributed by atoms with Crippen LogP contribution in [0.1, 0.15) is 51.5 Å². The molecule has 0 amide bonds. The molecule has 130 valence electrons. The molecule has 2 N–H and O–H groups in total. The van der Waals surface area contributed by atoms with Crippen molar-refractivity contribution in [1.82, 2.24) is 4.90 Å². The van der Waals surface area contributed by atoms with Gasteiger partial charge in [0.15, 0.2) is 0 Å².